The summed E-state index contributed by atoms with van der Waals surface area (Å²) in [5, 5.41) is 4.35. The second kappa shape index (κ2) is 11.8. The first-order chi connectivity index (χ1) is 18.6. The molecule has 1 aromatic heterocycles. The summed E-state index contributed by atoms with van der Waals surface area (Å²) < 4.78 is 6.01. The number of nitrogens with zero attached hydrogens (tertiary/aromatic N) is 4. The highest BCUT2D eigenvalue weighted by molar-refractivity contribution is 5.91. The van der Waals surface area contributed by atoms with Gasteiger partial charge in [-0.2, -0.15) is 0 Å². The van der Waals surface area contributed by atoms with E-state index in [0.717, 1.165) is 71.2 Å². The number of aryl methyl sites for hydroxylation is 1. The molecule has 3 aromatic carbocycles. The molecule has 0 aliphatic carbocycles. The van der Waals surface area contributed by atoms with Crippen LogP contribution in [0.15, 0.2) is 73.1 Å². The van der Waals surface area contributed by atoms with Crippen LogP contribution in [0.2, 0.25) is 0 Å². The van der Waals surface area contributed by atoms with Gasteiger partial charge >= 0.3 is 0 Å². The van der Waals surface area contributed by atoms with Crippen molar-refractivity contribution in [3.05, 3.63) is 84.2 Å². The van der Waals surface area contributed by atoms with E-state index >= 15 is 0 Å². The van der Waals surface area contributed by atoms with E-state index in [1.54, 1.807) is 6.33 Å². The van der Waals surface area contributed by atoms with Gasteiger partial charge in [0.2, 0.25) is 5.91 Å². The molecule has 192 valence electrons. The maximum absolute atomic E-state index is 11.9. The first kappa shape index (κ1) is 25.2. The predicted molar refractivity (Wildman–Crippen MR) is 151 cm³/mol. The van der Waals surface area contributed by atoms with Gasteiger partial charge in [-0.15, -0.1) is 0 Å². The Morgan fingerprint density at radius 2 is 1.82 bits per heavy atom. The minimum Gasteiger partial charge on any atom is -0.457 e. The number of piperazine rings is 1. The normalized spacial score (nSPS) is 13.6. The van der Waals surface area contributed by atoms with Gasteiger partial charge in [-0.05, 0) is 61.0 Å². The lowest BCUT2D eigenvalue weighted by molar-refractivity contribution is -0.132. The number of rotatable bonds is 6. The Hall–Kier alpha value is -4.41. The van der Waals surface area contributed by atoms with Crippen molar-refractivity contribution in [1.29, 1.82) is 0 Å². The number of carbonyl (C=O) groups is 1. The molecule has 1 aliphatic heterocycles. The maximum Gasteiger partial charge on any atom is 0.222 e. The zero-order valence-corrected chi connectivity index (χ0v) is 21.8. The molecule has 38 heavy (non-hydrogen) atoms. The fraction of sp³-hybridized carbons (Fsp3) is 0.258. The Bertz CT molecular complexity index is 1480. The summed E-state index contributed by atoms with van der Waals surface area (Å²) in [4.78, 5) is 25.0. The third-order valence-electron chi connectivity index (χ3n) is 6.61. The first-order valence-electron chi connectivity index (χ1n) is 12.9. The van der Waals surface area contributed by atoms with E-state index in [1.165, 1.54) is 0 Å². The molecule has 0 saturated carbocycles. The number of nitrogens with one attached hydrogen (secondary N) is 1. The molecular formula is C31H31N5O2. The second-order valence-electron chi connectivity index (χ2n) is 9.29. The molecule has 0 bridgehead atoms. The number of amides is 1. The van der Waals surface area contributed by atoms with E-state index < -0.39 is 0 Å². The van der Waals surface area contributed by atoms with Crippen molar-refractivity contribution in [3.8, 4) is 23.3 Å². The van der Waals surface area contributed by atoms with Crippen LogP contribution in [0.1, 0.15) is 24.5 Å². The van der Waals surface area contributed by atoms with E-state index in [0.29, 0.717) is 13.0 Å². The Labute approximate surface area is 223 Å². The zero-order chi connectivity index (χ0) is 26.3. The Morgan fingerprint density at radius 3 is 2.58 bits per heavy atom. The standard InChI is InChI=1S/C31H31N5O2/c1-3-30(37)36-18-16-35(17-19-36)15-7-8-24-11-13-28-27(21-24)31(33-22-32-28)34-25-12-14-29(23(2)20-25)38-26-9-5-4-6-10-26/h4-6,9-14,20-22H,3,15-19H2,1-2H3,(H,32,33,34). The third kappa shape index (κ3) is 6.10. The largest absolute Gasteiger partial charge is 0.457 e. The molecule has 1 fully saturated rings. The smallest absolute Gasteiger partial charge is 0.222 e. The Morgan fingerprint density at radius 1 is 1.00 bits per heavy atom. The summed E-state index contributed by atoms with van der Waals surface area (Å²) in [5.74, 6) is 9.15. The molecule has 0 spiro atoms. The van der Waals surface area contributed by atoms with Crippen LogP contribution in [0.3, 0.4) is 0 Å². The van der Waals surface area contributed by atoms with E-state index in [9.17, 15) is 4.79 Å². The van der Waals surface area contributed by atoms with Crippen LogP contribution < -0.4 is 10.1 Å². The summed E-state index contributed by atoms with van der Waals surface area (Å²) in [6.45, 7) is 7.87. The lowest BCUT2D eigenvalue weighted by Gasteiger charge is -2.33. The van der Waals surface area contributed by atoms with Crippen molar-refractivity contribution in [1.82, 2.24) is 19.8 Å². The number of carbonyl (C=O) groups excluding carboxylic acids is 1. The number of fused-ring (bicyclic) bond motifs is 1. The predicted octanol–water partition coefficient (Wildman–Crippen LogP) is 5.38. The van der Waals surface area contributed by atoms with Crippen molar-refractivity contribution in [2.24, 2.45) is 0 Å². The van der Waals surface area contributed by atoms with Gasteiger partial charge in [0.1, 0.15) is 23.6 Å². The van der Waals surface area contributed by atoms with Crippen LogP contribution >= 0.6 is 0 Å². The van der Waals surface area contributed by atoms with Crippen LogP contribution in [0.25, 0.3) is 10.9 Å². The molecule has 1 amide bonds. The van der Waals surface area contributed by atoms with Gasteiger partial charge in [-0.25, -0.2) is 9.97 Å². The van der Waals surface area contributed by atoms with Gasteiger partial charge in [-0.3, -0.25) is 9.69 Å². The van der Waals surface area contributed by atoms with Gasteiger partial charge < -0.3 is 15.0 Å². The summed E-state index contributed by atoms with van der Waals surface area (Å²) in [6, 6.07) is 21.7. The minimum atomic E-state index is 0.227. The zero-order valence-electron chi connectivity index (χ0n) is 21.8. The van der Waals surface area contributed by atoms with Gasteiger partial charge in [0.25, 0.3) is 0 Å². The number of para-hydroxylation sites is 1. The van der Waals surface area contributed by atoms with E-state index in [4.69, 9.17) is 4.74 Å². The van der Waals surface area contributed by atoms with E-state index in [1.807, 2.05) is 85.5 Å². The summed E-state index contributed by atoms with van der Waals surface area (Å²) in [7, 11) is 0. The number of hydrogen-bond donors (Lipinski definition) is 1. The molecular weight excluding hydrogens is 474 g/mol. The maximum atomic E-state index is 11.9. The summed E-state index contributed by atoms with van der Waals surface area (Å²) >= 11 is 0. The molecule has 5 rings (SSSR count). The van der Waals surface area contributed by atoms with Crippen molar-refractivity contribution in [3.63, 3.8) is 0 Å². The third-order valence-corrected chi connectivity index (χ3v) is 6.61. The molecule has 7 nitrogen and oxygen atoms in total. The molecule has 1 aliphatic rings. The van der Waals surface area contributed by atoms with E-state index in [2.05, 4.69) is 32.0 Å². The fourth-order valence-corrected chi connectivity index (χ4v) is 4.46. The van der Waals surface area contributed by atoms with Crippen LogP contribution in [-0.4, -0.2) is 58.4 Å². The van der Waals surface area contributed by atoms with Crippen LogP contribution in [0.4, 0.5) is 11.5 Å². The fourth-order valence-electron chi connectivity index (χ4n) is 4.46. The van der Waals surface area contributed by atoms with Gasteiger partial charge in [0, 0.05) is 49.2 Å². The Kier molecular flexibility index (Phi) is 7.81. The highest BCUT2D eigenvalue weighted by atomic mass is 16.5. The summed E-state index contributed by atoms with van der Waals surface area (Å²) in [5.41, 5.74) is 3.70. The lowest BCUT2D eigenvalue weighted by atomic mass is 10.1. The molecule has 1 saturated heterocycles. The molecule has 0 unspecified atom stereocenters. The molecule has 1 N–H and O–H groups in total. The SMILES string of the molecule is CCC(=O)N1CCN(CC#Cc2ccc3ncnc(Nc4ccc(Oc5ccccc5)c(C)c4)c3c2)CC1. The van der Waals surface area contributed by atoms with Crippen LogP contribution in [-0.2, 0) is 4.79 Å². The van der Waals surface area contributed by atoms with Crippen molar-refractivity contribution < 1.29 is 9.53 Å². The van der Waals surface area contributed by atoms with Crippen molar-refractivity contribution in [2.45, 2.75) is 20.3 Å². The number of anilines is 2. The molecule has 0 radical (unpaired) electrons. The second-order valence-corrected chi connectivity index (χ2v) is 9.29. The number of aromatic nitrogens is 2. The van der Waals surface area contributed by atoms with Gasteiger partial charge in [0.15, 0.2) is 0 Å². The average molecular weight is 506 g/mol. The van der Waals surface area contributed by atoms with Gasteiger partial charge in [-0.1, -0.05) is 37.0 Å². The Balaban J connectivity index is 1.27. The molecule has 7 heteroatoms. The van der Waals surface area contributed by atoms with Gasteiger partial charge in [0.05, 0.1) is 12.1 Å². The quantitative estimate of drug-likeness (QED) is 0.355. The molecule has 0 atom stereocenters. The van der Waals surface area contributed by atoms with Crippen LogP contribution in [0, 0.1) is 18.8 Å². The monoisotopic (exact) mass is 505 g/mol. The van der Waals surface area contributed by atoms with Crippen LogP contribution in [0.5, 0.6) is 11.5 Å². The number of ether oxygens (including phenoxy) is 1. The number of hydrogen-bond acceptors (Lipinski definition) is 6. The highest BCUT2D eigenvalue weighted by Crippen LogP contribution is 2.30. The first-order valence-corrected chi connectivity index (χ1v) is 12.9. The summed E-state index contributed by atoms with van der Waals surface area (Å²) in [6.07, 6.45) is 2.13. The number of benzene rings is 3. The van der Waals surface area contributed by atoms with Crippen molar-refractivity contribution >= 4 is 28.3 Å². The van der Waals surface area contributed by atoms with E-state index in [-0.39, 0.29) is 5.91 Å². The topological polar surface area (TPSA) is 70.6 Å². The lowest BCUT2D eigenvalue weighted by Crippen LogP contribution is -2.48. The highest BCUT2D eigenvalue weighted by Gasteiger charge is 2.18. The van der Waals surface area contributed by atoms with Crippen molar-refractivity contribution in [2.75, 3.05) is 38.0 Å². The average Bonchev–Trinajstić information content (AvgIpc) is 2.95. The minimum absolute atomic E-state index is 0.227. The molecule has 2 heterocycles. The molecule has 4 aromatic rings.